The number of nitrogens with one attached hydrogen (secondary N) is 1. The summed E-state index contributed by atoms with van der Waals surface area (Å²) in [5, 5.41) is 2.79. The molecule has 0 bridgehead atoms. The summed E-state index contributed by atoms with van der Waals surface area (Å²) in [6.45, 7) is 3.57. The third-order valence-corrected chi connectivity index (χ3v) is 3.63. The second kappa shape index (κ2) is 8.24. The van der Waals surface area contributed by atoms with Crippen LogP contribution in [0.15, 0.2) is 42.5 Å². The van der Waals surface area contributed by atoms with Gasteiger partial charge in [0.15, 0.2) is 6.61 Å². The van der Waals surface area contributed by atoms with Crippen molar-refractivity contribution in [1.82, 2.24) is 0 Å². The van der Waals surface area contributed by atoms with Gasteiger partial charge in [0, 0.05) is 5.69 Å². The summed E-state index contributed by atoms with van der Waals surface area (Å²) in [7, 11) is 0. The third kappa shape index (κ3) is 4.91. The number of anilines is 1. The van der Waals surface area contributed by atoms with Gasteiger partial charge in [0.25, 0.3) is 5.91 Å². The van der Waals surface area contributed by atoms with Crippen molar-refractivity contribution >= 4 is 17.6 Å². The van der Waals surface area contributed by atoms with Crippen molar-refractivity contribution in [2.45, 2.75) is 26.7 Å². The monoisotopic (exact) mass is 329 g/mol. The molecule has 0 aliphatic rings. The topological polar surface area (TPSA) is 55.4 Å². The van der Waals surface area contributed by atoms with E-state index in [1.807, 2.05) is 32.0 Å². The SMILES string of the molecule is CCc1cccc(C)c1NC(=O)COC(=O)Cc1ccc(F)cc1. The molecule has 0 heterocycles. The van der Waals surface area contributed by atoms with E-state index in [0.717, 1.165) is 23.2 Å². The number of ether oxygens (including phenoxy) is 1. The Bertz CT molecular complexity index is 726. The van der Waals surface area contributed by atoms with Gasteiger partial charge in [-0.1, -0.05) is 37.3 Å². The zero-order valence-electron chi connectivity index (χ0n) is 13.8. The number of halogens is 1. The molecule has 24 heavy (non-hydrogen) atoms. The average Bonchev–Trinajstić information content (AvgIpc) is 2.57. The van der Waals surface area contributed by atoms with Gasteiger partial charge < -0.3 is 10.1 Å². The van der Waals surface area contributed by atoms with Crippen molar-refractivity contribution in [3.05, 3.63) is 65.0 Å². The van der Waals surface area contributed by atoms with E-state index in [0.29, 0.717) is 5.56 Å². The van der Waals surface area contributed by atoms with E-state index in [1.54, 1.807) is 0 Å². The quantitative estimate of drug-likeness (QED) is 0.826. The predicted molar refractivity (Wildman–Crippen MR) is 90.2 cm³/mol. The van der Waals surface area contributed by atoms with E-state index in [2.05, 4.69) is 5.32 Å². The number of amides is 1. The Hall–Kier alpha value is -2.69. The zero-order valence-corrected chi connectivity index (χ0v) is 13.8. The highest BCUT2D eigenvalue weighted by Crippen LogP contribution is 2.20. The van der Waals surface area contributed by atoms with Crippen LogP contribution in [0.4, 0.5) is 10.1 Å². The molecule has 0 radical (unpaired) electrons. The van der Waals surface area contributed by atoms with Crippen LogP contribution in [0, 0.1) is 12.7 Å². The average molecular weight is 329 g/mol. The van der Waals surface area contributed by atoms with Crippen molar-refractivity contribution in [2.24, 2.45) is 0 Å². The van der Waals surface area contributed by atoms with Crippen LogP contribution in [-0.4, -0.2) is 18.5 Å². The lowest BCUT2D eigenvalue weighted by Crippen LogP contribution is -2.22. The number of benzene rings is 2. The lowest BCUT2D eigenvalue weighted by atomic mass is 10.1. The van der Waals surface area contributed by atoms with Crippen molar-refractivity contribution in [2.75, 3.05) is 11.9 Å². The number of aryl methyl sites for hydroxylation is 2. The minimum absolute atomic E-state index is 0.00185. The van der Waals surface area contributed by atoms with Crippen LogP contribution in [-0.2, 0) is 27.2 Å². The first kappa shape index (κ1) is 17.7. The Morgan fingerprint density at radius 2 is 1.83 bits per heavy atom. The summed E-state index contributed by atoms with van der Waals surface area (Å²) in [5.74, 6) is -1.28. The Kier molecular flexibility index (Phi) is 6.07. The summed E-state index contributed by atoms with van der Waals surface area (Å²) in [6.07, 6.45) is 0.791. The largest absolute Gasteiger partial charge is 0.455 e. The van der Waals surface area contributed by atoms with Crippen molar-refractivity contribution in [3.63, 3.8) is 0 Å². The van der Waals surface area contributed by atoms with Gasteiger partial charge >= 0.3 is 5.97 Å². The molecule has 1 N–H and O–H groups in total. The molecule has 0 unspecified atom stereocenters. The Labute approximate surface area is 140 Å². The van der Waals surface area contributed by atoms with Crippen LogP contribution in [0.1, 0.15) is 23.6 Å². The number of carbonyl (C=O) groups is 2. The fourth-order valence-electron chi connectivity index (χ4n) is 2.34. The van der Waals surface area contributed by atoms with Gasteiger partial charge in [0.2, 0.25) is 0 Å². The Balaban J connectivity index is 1.87. The molecule has 5 heteroatoms. The maximum atomic E-state index is 12.8. The van der Waals surface area contributed by atoms with Crippen LogP contribution >= 0.6 is 0 Å². The van der Waals surface area contributed by atoms with Gasteiger partial charge in [-0.3, -0.25) is 9.59 Å². The second-order valence-corrected chi connectivity index (χ2v) is 5.47. The predicted octanol–water partition coefficient (Wildman–Crippen LogP) is 3.42. The fraction of sp³-hybridized carbons (Fsp3) is 0.263. The van der Waals surface area contributed by atoms with Crippen molar-refractivity contribution in [1.29, 1.82) is 0 Å². The number of hydrogen-bond acceptors (Lipinski definition) is 3. The summed E-state index contributed by atoms with van der Waals surface area (Å²) in [6, 6.07) is 11.4. The Morgan fingerprint density at radius 1 is 1.12 bits per heavy atom. The number of hydrogen-bond donors (Lipinski definition) is 1. The Morgan fingerprint density at radius 3 is 2.50 bits per heavy atom. The van der Waals surface area contributed by atoms with Crippen molar-refractivity contribution in [3.8, 4) is 0 Å². The van der Waals surface area contributed by atoms with Gasteiger partial charge in [-0.2, -0.15) is 0 Å². The molecule has 0 fully saturated rings. The highest BCUT2D eigenvalue weighted by Gasteiger charge is 2.11. The van der Waals surface area contributed by atoms with E-state index < -0.39 is 5.97 Å². The normalized spacial score (nSPS) is 10.3. The first-order chi connectivity index (χ1) is 11.5. The lowest BCUT2D eigenvalue weighted by molar-refractivity contribution is -0.146. The molecule has 2 aromatic carbocycles. The van der Waals surface area contributed by atoms with Gasteiger partial charge in [-0.05, 0) is 42.2 Å². The maximum absolute atomic E-state index is 12.8. The molecule has 4 nitrogen and oxygen atoms in total. The molecule has 0 atom stereocenters. The van der Waals surface area contributed by atoms with Crippen LogP contribution in [0.25, 0.3) is 0 Å². The standard InChI is InChI=1S/C19H20FNO3/c1-3-15-6-4-5-13(2)19(15)21-17(22)12-24-18(23)11-14-7-9-16(20)10-8-14/h4-10H,3,11-12H2,1-2H3,(H,21,22). The molecule has 0 saturated heterocycles. The molecule has 0 aliphatic carbocycles. The maximum Gasteiger partial charge on any atom is 0.310 e. The van der Waals surface area contributed by atoms with Crippen LogP contribution in [0.3, 0.4) is 0 Å². The number of para-hydroxylation sites is 1. The second-order valence-electron chi connectivity index (χ2n) is 5.47. The summed E-state index contributed by atoms with van der Waals surface area (Å²) in [4.78, 5) is 23.7. The molecule has 2 rings (SSSR count). The first-order valence-corrected chi connectivity index (χ1v) is 7.78. The molecule has 0 aliphatic heterocycles. The fourth-order valence-corrected chi connectivity index (χ4v) is 2.34. The van der Waals surface area contributed by atoms with E-state index in [9.17, 15) is 14.0 Å². The third-order valence-electron chi connectivity index (χ3n) is 3.63. The smallest absolute Gasteiger partial charge is 0.310 e. The molecule has 2 aromatic rings. The van der Waals surface area contributed by atoms with Gasteiger partial charge in [-0.15, -0.1) is 0 Å². The summed E-state index contributed by atoms with van der Waals surface area (Å²) < 4.78 is 17.8. The number of esters is 1. The molecular weight excluding hydrogens is 309 g/mol. The molecule has 0 aromatic heterocycles. The summed E-state index contributed by atoms with van der Waals surface area (Å²) >= 11 is 0. The van der Waals surface area contributed by atoms with E-state index in [1.165, 1.54) is 24.3 Å². The number of rotatable bonds is 6. The van der Waals surface area contributed by atoms with Gasteiger partial charge in [0.05, 0.1) is 6.42 Å². The lowest BCUT2D eigenvalue weighted by Gasteiger charge is -2.13. The molecule has 0 saturated carbocycles. The van der Waals surface area contributed by atoms with Crippen LogP contribution < -0.4 is 5.32 Å². The van der Waals surface area contributed by atoms with E-state index in [4.69, 9.17) is 4.74 Å². The van der Waals surface area contributed by atoms with E-state index >= 15 is 0 Å². The first-order valence-electron chi connectivity index (χ1n) is 7.78. The van der Waals surface area contributed by atoms with Crippen LogP contribution in [0.5, 0.6) is 0 Å². The minimum atomic E-state index is -0.530. The molecular formula is C19H20FNO3. The molecule has 1 amide bonds. The van der Waals surface area contributed by atoms with Crippen LogP contribution in [0.2, 0.25) is 0 Å². The molecule has 0 spiro atoms. The highest BCUT2D eigenvalue weighted by atomic mass is 19.1. The zero-order chi connectivity index (χ0) is 17.5. The van der Waals surface area contributed by atoms with Gasteiger partial charge in [0.1, 0.15) is 5.82 Å². The van der Waals surface area contributed by atoms with Gasteiger partial charge in [-0.25, -0.2) is 4.39 Å². The molecule has 126 valence electrons. The number of carbonyl (C=O) groups excluding carboxylic acids is 2. The summed E-state index contributed by atoms with van der Waals surface area (Å²) in [5.41, 5.74) is 3.38. The van der Waals surface area contributed by atoms with E-state index in [-0.39, 0.29) is 24.8 Å². The highest BCUT2D eigenvalue weighted by molar-refractivity contribution is 5.94. The van der Waals surface area contributed by atoms with Crippen molar-refractivity contribution < 1.29 is 18.7 Å². The minimum Gasteiger partial charge on any atom is -0.455 e.